The lowest BCUT2D eigenvalue weighted by atomic mass is 10.1. The summed E-state index contributed by atoms with van der Waals surface area (Å²) in [6, 6.07) is 11.4. The molecule has 4 rings (SSSR count). The summed E-state index contributed by atoms with van der Waals surface area (Å²) in [7, 11) is 2.95. The van der Waals surface area contributed by atoms with Gasteiger partial charge in [-0.15, -0.1) is 5.06 Å². The predicted molar refractivity (Wildman–Crippen MR) is 116 cm³/mol. The molecule has 0 spiro atoms. The minimum atomic E-state index is -0.576. The Morgan fingerprint density at radius 3 is 2.69 bits per heavy atom. The van der Waals surface area contributed by atoms with Gasteiger partial charge in [-0.1, -0.05) is 12.1 Å². The molecule has 9 heteroatoms. The van der Waals surface area contributed by atoms with Crippen molar-refractivity contribution in [2.45, 2.75) is 6.92 Å². The number of benzene rings is 2. The number of methoxy groups -OCH3 is 2. The smallest absolute Gasteiger partial charge is 0.343 e. The van der Waals surface area contributed by atoms with Gasteiger partial charge in [0.1, 0.15) is 11.5 Å². The van der Waals surface area contributed by atoms with E-state index < -0.39 is 11.9 Å². The van der Waals surface area contributed by atoms with Gasteiger partial charge in [0, 0.05) is 6.08 Å². The molecule has 162 valence electrons. The largest absolute Gasteiger partial charge is 0.497 e. The number of carbonyl (C=O) groups is 2. The zero-order valence-corrected chi connectivity index (χ0v) is 17.5. The van der Waals surface area contributed by atoms with Crippen LogP contribution in [-0.2, 0) is 9.63 Å². The minimum Gasteiger partial charge on any atom is -0.497 e. The summed E-state index contributed by atoms with van der Waals surface area (Å²) in [5.74, 6) is 0.571. The van der Waals surface area contributed by atoms with Gasteiger partial charge in [0.2, 0.25) is 0 Å². The summed E-state index contributed by atoms with van der Waals surface area (Å²) in [5, 5.41) is 9.48. The monoisotopic (exact) mass is 433 g/mol. The van der Waals surface area contributed by atoms with Crippen LogP contribution in [0.5, 0.6) is 17.2 Å². The van der Waals surface area contributed by atoms with Crippen molar-refractivity contribution < 1.29 is 28.6 Å². The molecule has 9 nitrogen and oxygen atoms in total. The fourth-order valence-corrected chi connectivity index (χ4v) is 3.13. The highest BCUT2D eigenvalue weighted by Gasteiger charge is 2.34. The first-order chi connectivity index (χ1) is 15.4. The molecule has 32 heavy (non-hydrogen) atoms. The van der Waals surface area contributed by atoms with Crippen LogP contribution in [0.4, 0.5) is 0 Å². The van der Waals surface area contributed by atoms with Gasteiger partial charge in [-0.05, 0) is 48.9 Å². The fraction of sp³-hybridized carbons (Fsp3) is 0.130. The van der Waals surface area contributed by atoms with E-state index in [2.05, 4.69) is 4.99 Å². The van der Waals surface area contributed by atoms with Gasteiger partial charge in [-0.3, -0.25) is 10.2 Å². The summed E-state index contributed by atoms with van der Waals surface area (Å²) >= 11 is 0. The molecule has 2 aromatic carbocycles. The molecule has 2 heterocycles. The normalized spacial score (nSPS) is 16.2. The number of ether oxygens (including phenoxy) is 3. The number of fused-ring (bicyclic) bond motifs is 1. The van der Waals surface area contributed by atoms with Gasteiger partial charge in [0.25, 0.3) is 5.91 Å². The molecule has 0 bridgehead atoms. The molecular formula is C23H19N3O6. The quantitative estimate of drug-likeness (QED) is 0.437. The third-order valence-corrected chi connectivity index (χ3v) is 4.69. The number of esters is 1. The molecule has 0 atom stereocenters. The Bertz CT molecular complexity index is 1230. The Labute approximate surface area is 183 Å². The van der Waals surface area contributed by atoms with Gasteiger partial charge in [-0.2, -0.15) is 4.99 Å². The second kappa shape index (κ2) is 8.38. The molecule has 1 amide bonds. The molecule has 0 aromatic heterocycles. The van der Waals surface area contributed by atoms with E-state index in [4.69, 9.17) is 24.5 Å². The van der Waals surface area contributed by atoms with E-state index in [1.54, 1.807) is 55.5 Å². The number of amides is 1. The summed E-state index contributed by atoms with van der Waals surface area (Å²) in [5.41, 5.74) is 0.931. The molecule has 0 fully saturated rings. The summed E-state index contributed by atoms with van der Waals surface area (Å²) in [4.78, 5) is 34.3. The molecule has 1 N–H and O–H groups in total. The minimum absolute atomic E-state index is 0.0556. The van der Waals surface area contributed by atoms with Gasteiger partial charge < -0.3 is 19.0 Å². The van der Waals surface area contributed by atoms with Crippen molar-refractivity contribution in [2.75, 3.05) is 14.2 Å². The van der Waals surface area contributed by atoms with E-state index in [9.17, 15) is 9.59 Å². The molecule has 2 aromatic rings. The molecular weight excluding hydrogens is 414 g/mol. The van der Waals surface area contributed by atoms with Gasteiger partial charge in [0.05, 0.1) is 25.4 Å². The van der Waals surface area contributed by atoms with E-state index in [0.29, 0.717) is 22.6 Å². The first-order valence-corrected chi connectivity index (χ1v) is 9.54. The van der Waals surface area contributed by atoms with E-state index in [1.165, 1.54) is 25.4 Å². The average molecular weight is 433 g/mol. The third kappa shape index (κ3) is 3.95. The van der Waals surface area contributed by atoms with Crippen LogP contribution in [0.3, 0.4) is 0 Å². The highest BCUT2D eigenvalue weighted by Crippen LogP contribution is 2.31. The van der Waals surface area contributed by atoms with Crippen LogP contribution in [-0.4, -0.2) is 42.8 Å². The van der Waals surface area contributed by atoms with Crippen LogP contribution in [0.25, 0.3) is 6.08 Å². The maximum atomic E-state index is 12.5. The van der Waals surface area contributed by atoms with Crippen LogP contribution < -0.4 is 14.2 Å². The number of rotatable bonds is 5. The molecule has 0 radical (unpaired) electrons. The molecule has 0 aliphatic carbocycles. The Morgan fingerprint density at radius 1 is 1.12 bits per heavy atom. The van der Waals surface area contributed by atoms with Gasteiger partial charge in [-0.25, -0.2) is 4.79 Å². The average Bonchev–Trinajstić information content (AvgIpc) is 3.17. The molecule has 2 aliphatic rings. The van der Waals surface area contributed by atoms with Gasteiger partial charge in [0.15, 0.2) is 23.2 Å². The standard InChI is InChI=1S/C23H19N3O6/c1-13-9-20-25-22(27)17(21(24)26(20)32-13)10-14-7-8-18(19(11-14)30-3)31-23(28)15-5-4-6-16(12-15)29-2/h4-12,24H,1-3H3/b17-10-,24-21?. The number of nitrogens with one attached hydrogen (secondary N) is 1. The second-order valence-electron chi connectivity index (χ2n) is 6.85. The SMILES string of the molecule is COc1cccc(C(=O)Oc2ccc(/C=C3/C(=N)N4OC(C)=CC4=NC3=O)cc2OC)c1. The number of allylic oxidation sites excluding steroid dienone is 1. The lowest BCUT2D eigenvalue weighted by molar-refractivity contribution is -0.114. The van der Waals surface area contributed by atoms with Crippen molar-refractivity contribution in [1.82, 2.24) is 5.06 Å². The molecule has 0 unspecified atom stereocenters. The van der Waals surface area contributed by atoms with Crippen molar-refractivity contribution >= 4 is 29.6 Å². The molecule has 2 aliphatic heterocycles. The Balaban J connectivity index is 1.58. The Kier molecular flexibility index (Phi) is 5.46. The van der Waals surface area contributed by atoms with Crippen molar-refractivity contribution in [3.63, 3.8) is 0 Å². The maximum absolute atomic E-state index is 12.5. The number of hydrogen-bond donors (Lipinski definition) is 1. The second-order valence-corrected chi connectivity index (χ2v) is 6.85. The number of hydroxylamine groups is 2. The van der Waals surface area contributed by atoms with Crippen molar-refractivity contribution in [1.29, 1.82) is 5.41 Å². The number of amidine groups is 2. The molecule has 0 saturated heterocycles. The van der Waals surface area contributed by atoms with Crippen molar-refractivity contribution in [3.8, 4) is 17.2 Å². The van der Waals surface area contributed by atoms with E-state index in [0.717, 1.165) is 0 Å². The topological polar surface area (TPSA) is 111 Å². The zero-order chi connectivity index (χ0) is 22.8. The highest BCUT2D eigenvalue weighted by atomic mass is 16.7. The number of aliphatic imine (C=N–C) groups is 1. The summed E-state index contributed by atoms with van der Waals surface area (Å²) in [6.45, 7) is 1.71. The van der Waals surface area contributed by atoms with Crippen LogP contribution in [0.2, 0.25) is 0 Å². The fourth-order valence-electron chi connectivity index (χ4n) is 3.13. The maximum Gasteiger partial charge on any atom is 0.343 e. The number of nitrogens with zero attached hydrogens (tertiary/aromatic N) is 2. The Hall–Kier alpha value is -4.40. The summed E-state index contributed by atoms with van der Waals surface area (Å²) in [6.07, 6.45) is 3.08. The van der Waals surface area contributed by atoms with Gasteiger partial charge >= 0.3 is 5.97 Å². The zero-order valence-electron chi connectivity index (χ0n) is 17.5. The molecule has 0 saturated carbocycles. The van der Waals surface area contributed by atoms with E-state index in [1.807, 2.05) is 0 Å². The van der Waals surface area contributed by atoms with Crippen molar-refractivity contribution in [3.05, 3.63) is 71.0 Å². The first-order valence-electron chi connectivity index (χ1n) is 9.54. The number of carbonyl (C=O) groups excluding carboxylic acids is 2. The number of hydrogen-bond acceptors (Lipinski definition) is 7. The summed E-state index contributed by atoms with van der Waals surface area (Å²) < 4.78 is 16.0. The Morgan fingerprint density at radius 2 is 1.94 bits per heavy atom. The third-order valence-electron chi connectivity index (χ3n) is 4.69. The van der Waals surface area contributed by atoms with Crippen molar-refractivity contribution in [2.24, 2.45) is 4.99 Å². The highest BCUT2D eigenvalue weighted by molar-refractivity contribution is 6.32. The van der Waals surface area contributed by atoms with Crippen LogP contribution in [0, 0.1) is 5.41 Å². The van der Waals surface area contributed by atoms with Crippen LogP contribution >= 0.6 is 0 Å². The van der Waals surface area contributed by atoms with Crippen LogP contribution in [0.15, 0.2) is 64.9 Å². The van der Waals surface area contributed by atoms with Crippen LogP contribution in [0.1, 0.15) is 22.8 Å². The first kappa shape index (κ1) is 20.9. The lowest BCUT2D eigenvalue weighted by Gasteiger charge is -2.23. The predicted octanol–water partition coefficient (Wildman–Crippen LogP) is 3.37. The lowest BCUT2D eigenvalue weighted by Crippen LogP contribution is -2.38. The van der Waals surface area contributed by atoms with E-state index in [-0.39, 0.29) is 28.7 Å². The van der Waals surface area contributed by atoms with E-state index >= 15 is 0 Å².